The molecule has 0 aliphatic rings. The van der Waals surface area contributed by atoms with Crippen molar-refractivity contribution in [1.29, 1.82) is 0 Å². The first-order valence-corrected chi connectivity index (χ1v) is 34.7. The molecule has 0 amide bonds. The standard InChI is InChI=1S/C70H134O6/c1-4-7-10-13-16-19-22-25-28-29-30-31-32-33-34-35-36-37-38-39-40-43-45-48-51-54-57-60-63-69(72)75-66-67(76-70(73)64-61-58-55-52-49-46-42-27-24-21-18-15-12-9-6-3)65-74-68(71)62-59-56-53-50-47-44-41-26-23-20-17-14-11-8-5-2/h27,42,67H,4-26,28-41,43-66H2,1-3H3/b42-27-. The monoisotopic (exact) mass is 1070 g/mol. The molecule has 1 atom stereocenters. The second-order valence-corrected chi connectivity index (χ2v) is 23.8. The molecule has 0 aromatic carbocycles. The molecule has 6 heteroatoms. The van der Waals surface area contributed by atoms with E-state index in [1.807, 2.05) is 0 Å². The number of hydrogen-bond acceptors (Lipinski definition) is 6. The first-order chi connectivity index (χ1) is 37.5. The van der Waals surface area contributed by atoms with Crippen molar-refractivity contribution in [3.05, 3.63) is 12.2 Å². The highest BCUT2D eigenvalue weighted by atomic mass is 16.6. The number of rotatable bonds is 65. The van der Waals surface area contributed by atoms with Crippen molar-refractivity contribution in [3.8, 4) is 0 Å². The Morgan fingerprint density at radius 3 is 0.658 bits per heavy atom. The third-order valence-corrected chi connectivity index (χ3v) is 16.0. The molecule has 0 radical (unpaired) electrons. The summed E-state index contributed by atoms with van der Waals surface area (Å²) in [7, 11) is 0. The summed E-state index contributed by atoms with van der Waals surface area (Å²) in [5.41, 5.74) is 0. The summed E-state index contributed by atoms with van der Waals surface area (Å²) in [5, 5.41) is 0. The predicted molar refractivity (Wildman–Crippen MR) is 330 cm³/mol. The summed E-state index contributed by atoms with van der Waals surface area (Å²) < 4.78 is 17.0. The Kier molecular flexibility index (Phi) is 64.1. The molecule has 0 spiro atoms. The number of carbonyl (C=O) groups excluding carboxylic acids is 3. The molecule has 0 heterocycles. The van der Waals surface area contributed by atoms with Gasteiger partial charge in [-0.3, -0.25) is 14.4 Å². The van der Waals surface area contributed by atoms with E-state index >= 15 is 0 Å². The van der Waals surface area contributed by atoms with Gasteiger partial charge in [-0.2, -0.15) is 0 Å². The molecule has 0 bridgehead atoms. The smallest absolute Gasteiger partial charge is 0.306 e. The summed E-state index contributed by atoms with van der Waals surface area (Å²) in [6.45, 7) is 6.71. The van der Waals surface area contributed by atoms with Gasteiger partial charge in [-0.05, 0) is 44.9 Å². The molecule has 1 unspecified atom stereocenters. The number of ether oxygens (including phenoxy) is 3. The highest BCUT2D eigenvalue weighted by Gasteiger charge is 2.19. The van der Waals surface area contributed by atoms with Gasteiger partial charge in [0.25, 0.3) is 0 Å². The van der Waals surface area contributed by atoms with Crippen LogP contribution in [0.15, 0.2) is 12.2 Å². The lowest BCUT2D eigenvalue weighted by molar-refractivity contribution is -0.167. The molecule has 6 nitrogen and oxygen atoms in total. The van der Waals surface area contributed by atoms with Crippen LogP contribution in [0.5, 0.6) is 0 Å². The fourth-order valence-electron chi connectivity index (χ4n) is 10.8. The van der Waals surface area contributed by atoms with Gasteiger partial charge in [0, 0.05) is 19.3 Å². The Balaban J connectivity index is 4.16. The number of carbonyl (C=O) groups is 3. The number of unbranched alkanes of at least 4 members (excludes halogenated alkanes) is 52. The van der Waals surface area contributed by atoms with Gasteiger partial charge in [0.2, 0.25) is 0 Å². The van der Waals surface area contributed by atoms with Crippen LogP contribution in [0.25, 0.3) is 0 Å². The molecule has 0 saturated heterocycles. The van der Waals surface area contributed by atoms with Crippen LogP contribution < -0.4 is 0 Å². The third kappa shape index (κ3) is 63.0. The van der Waals surface area contributed by atoms with Gasteiger partial charge in [0.15, 0.2) is 6.10 Å². The number of hydrogen-bond donors (Lipinski definition) is 0. The number of esters is 3. The fraction of sp³-hybridized carbons (Fsp3) is 0.929. The molecule has 0 saturated carbocycles. The van der Waals surface area contributed by atoms with Crippen molar-refractivity contribution in [2.24, 2.45) is 0 Å². The summed E-state index contributed by atoms with van der Waals surface area (Å²) in [6.07, 6.45) is 78.2. The quantitative estimate of drug-likeness (QED) is 0.0261. The lowest BCUT2D eigenvalue weighted by atomic mass is 10.0. The van der Waals surface area contributed by atoms with Gasteiger partial charge >= 0.3 is 17.9 Å². The van der Waals surface area contributed by atoms with Crippen LogP contribution in [0.4, 0.5) is 0 Å². The van der Waals surface area contributed by atoms with E-state index in [9.17, 15) is 14.4 Å². The molecule has 0 aliphatic carbocycles. The largest absolute Gasteiger partial charge is 0.462 e. The van der Waals surface area contributed by atoms with Crippen LogP contribution in [0.2, 0.25) is 0 Å². The van der Waals surface area contributed by atoms with E-state index < -0.39 is 6.10 Å². The van der Waals surface area contributed by atoms with Crippen molar-refractivity contribution in [1.82, 2.24) is 0 Å². The molecular weight excluding hydrogens is 937 g/mol. The lowest BCUT2D eigenvalue weighted by Crippen LogP contribution is -2.30. The van der Waals surface area contributed by atoms with E-state index in [1.54, 1.807) is 0 Å². The molecular formula is C70H134O6. The van der Waals surface area contributed by atoms with Crippen LogP contribution in [-0.4, -0.2) is 37.2 Å². The minimum atomic E-state index is -0.770. The highest BCUT2D eigenvalue weighted by Crippen LogP contribution is 2.19. The molecule has 0 fully saturated rings. The first-order valence-electron chi connectivity index (χ1n) is 34.7. The van der Waals surface area contributed by atoms with E-state index in [2.05, 4.69) is 32.9 Å². The zero-order valence-corrected chi connectivity index (χ0v) is 51.8. The third-order valence-electron chi connectivity index (χ3n) is 16.0. The van der Waals surface area contributed by atoms with E-state index in [0.717, 1.165) is 64.2 Å². The number of allylic oxidation sites excluding steroid dienone is 2. The topological polar surface area (TPSA) is 78.9 Å². The molecule has 0 aromatic rings. The van der Waals surface area contributed by atoms with Gasteiger partial charge in [0.1, 0.15) is 13.2 Å². The van der Waals surface area contributed by atoms with Crippen LogP contribution in [0.1, 0.15) is 400 Å². The molecule has 450 valence electrons. The van der Waals surface area contributed by atoms with Crippen LogP contribution >= 0.6 is 0 Å². The predicted octanol–water partition coefficient (Wildman–Crippen LogP) is 23.6. The van der Waals surface area contributed by atoms with Gasteiger partial charge in [-0.1, -0.05) is 348 Å². The first kappa shape index (κ1) is 74.2. The summed E-state index contributed by atoms with van der Waals surface area (Å²) in [6, 6.07) is 0. The normalized spacial score (nSPS) is 12.0. The van der Waals surface area contributed by atoms with Crippen molar-refractivity contribution < 1.29 is 28.6 Å². The molecule has 0 aromatic heterocycles. The highest BCUT2D eigenvalue weighted by molar-refractivity contribution is 5.71. The average Bonchev–Trinajstić information content (AvgIpc) is 3.42. The molecule has 0 N–H and O–H groups in total. The van der Waals surface area contributed by atoms with E-state index in [0.29, 0.717) is 19.3 Å². The Bertz CT molecular complexity index is 1180. The van der Waals surface area contributed by atoms with Gasteiger partial charge in [0.05, 0.1) is 0 Å². The molecule has 76 heavy (non-hydrogen) atoms. The van der Waals surface area contributed by atoms with E-state index in [-0.39, 0.29) is 31.1 Å². The average molecular weight is 1070 g/mol. The maximum atomic E-state index is 12.9. The Labute approximate surface area is 475 Å². The van der Waals surface area contributed by atoms with Crippen molar-refractivity contribution >= 4 is 17.9 Å². The zero-order chi connectivity index (χ0) is 55.0. The van der Waals surface area contributed by atoms with Crippen LogP contribution in [0, 0.1) is 0 Å². The lowest BCUT2D eigenvalue weighted by Gasteiger charge is -2.18. The summed E-state index contributed by atoms with van der Waals surface area (Å²) in [5.74, 6) is -0.842. The Morgan fingerprint density at radius 1 is 0.250 bits per heavy atom. The van der Waals surface area contributed by atoms with Crippen molar-refractivity contribution in [2.75, 3.05) is 13.2 Å². The zero-order valence-electron chi connectivity index (χ0n) is 51.8. The minimum absolute atomic E-state index is 0.0667. The summed E-state index contributed by atoms with van der Waals surface area (Å²) in [4.78, 5) is 38.3. The van der Waals surface area contributed by atoms with E-state index in [1.165, 1.54) is 295 Å². The van der Waals surface area contributed by atoms with Gasteiger partial charge in [-0.15, -0.1) is 0 Å². The van der Waals surface area contributed by atoms with Gasteiger partial charge < -0.3 is 14.2 Å². The van der Waals surface area contributed by atoms with E-state index in [4.69, 9.17) is 14.2 Å². The fourth-order valence-corrected chi connectivity index (χ4v) is 10.8. The van der Waals surface area contributed by atoms with Crippen LogP contribution in [0.3, 0.4) is 0 Å². The maximum Gasteiger partial charge on any atom is 0.306 e. The van der Waals surface area contributed by atoms with Gasteiger partial charge in [-0.25, -0.2) is 0 Å². The maximum absolute atomic E-state index is 12.9. The molecule has 0 aliphatic heterocycles. The second kappa shape index (κ2) is 65.7. The van der Waals surface area contributed by atoms with Crippen molar-refractivity contribution in [3.63, 3.8) is 0 Å². The Morgan fingerprint density at radius 2 is 0.434 bits per heavy atom. The second-order valence-electron chi connectivity index (χ2n) is 23.8. The van der Waals surface area contributed by atoms with Crippen LogP contribution in [-0.2, 0) is 28.6 Å². The minimum Gasteiger partial charge on any atom is -0.462 e. The Hall–Kier alpha value is -1.85. The summed E-state index contributed by atoms with van der Waals surface area (Å²) >= 11 is 0. The van der Waals surface area contributed by atoms with Crippen molar-refractivity contribution in [2.45, 2.75) is 406 Å². The SMILES string of the molecule is CCCCCCCC/C=C\CCCCCCCC(=O)OC(COC(=O)CCCCCCCCCCCCCCCCC)COC(=O)CCCCCCCCCCCCCCCCCCCCCCCCCCCCCC. The molecule has 0 rings (SSSR count).